The summed E-state index contributed by atoms with van der Waals surface area (Å²) >= 11 is 0. The largest absolute Gasteiger partial charge is 0.393 e. The first kappa shape index (κ1) is 9.52. The molecule has 70 valence electrons. The van der Waals surface area contributed by atoms with Crippen LogP contribution in [0, 0.1) is 0 Å². The van der Waals surface area contributed by atoms with E-state index in [1.54, 1.807) is 0 Å². The number of amides is 1. The molecule has 0 radical (unpaired) electrons. The fourth-order valence-electron chi connectivity index (χ4n) is 1.63. The molecule has 1 fully saturated rings. The van der Waals surface area contributed by atoms with E-state index >= 15 is 0 Å². The van der Waals surface area contributed by atoms with Crippen molar-refractivity contribution in [2.75, 3.05) is 0 Å². The molecule has 1 rings (SSSR count). The molecule has 0 aromatic rings. The molecule has 1 amide bonds. The van der Waals surface area contributed by atoms with Crippen LogP contribution in [0.25, 0.3) is 0 Å². The Labute approximate surface area is 73.2 Å². The van der Waals surface area contributed by atoms with Gasteiger partial charge >= 0.3 is 0 Å². The molecule has 0 aliphatic carbocycles. The summed E-state index contributed by atoms with van der Waals surface area (Å²) in [6.07, 6.45) is 3.84. The van der Waals surface area contributed by atoms with E-state index in [4.69, 9.17) is 0 Å². The molecule has 3 heteroatoms. The van der Waals surface area contributed by atoms with Crippen LogP contribution in [-0.2, 0) is 4.79 Å². The van der Waals surface area contributed by atoms with Gasteiger partial charge in [0.15, 0.2) is 0 Å². The summed E-state index contributed by atoms with van der Waals surface area (Å²) in [5.74, 6) is 0.128. The van der Waals surface area contributed by atoms with Crippen molar-refractivity contribution in [3.63, 3.8) is 0 Å². The van der Waals surface area contributed by atoms with Gasteiger partial charge in [-0.3, -0.25) is 4.79 Å². The summed E-state index contributed by atoms with van der Waals surface area (Å²) in [7, 11) is 0. The van der Waals surface area contributed by atoms with E-state index in [0.29, 0.717) is 6.42 Å². The Morgan fingerprint density at radius 2 is 2.50 bits per heavy atom. The smallest absolute Gasteiger partial charge is 0.220 e. The molecule has 0 aromatic heterocycles. The molecule has 1 heterocycles. The predicted octanol–water partition coefficient (Wildman–Crippen LogP) is 0.816. The summed E-state index contributed by atoms with van der Waals surface area (Å²) in [6, 6.07) is 0.221. The van der Waals surface area contributed by atoms with Gasteiger partial charge in [0.05, 0.1) is 6.10 Å². The highest BCUT2D eigenvalue weighted by atomic mass is 16.3. The molecule has 1 saturated heterocycles. The van der Waals surface area contributed by atoms with Crippen LogP contribution in [0.15, 0.2) is 0 Å². The predicted molar refractivity (Wildman–Crippen MR) is 46.7 cm³/mol. The zero-order chi connectivity index (χ0) is 8.97. The topological polar surface area (TPSA) is 49.3 Å². The van der Waals surface area contributed by atoms with Crippen molar-refractivity contribution in [1.82, 2.24) is 5.32 Å². The average Bonchev–Trinajstić information content (AvgIpc) is 2.36. The summed E-state index contributed by atoms with van der Waals surface area (Å²) in [5.41, 5.74) is 0. The molecular formula is C9H17NO2. The van der Waals surface area contributed by atoms with Crippen molar-refractivity contribution in [1.29, 1.82) is 0 Å². The van der Waals surface area contributed by atoms with Crippen molar-refractivity contribution in [2.24, 2.45) is 0 Å². The summed E-state index contributed by atoms with van der Waals surface area (Å²) in [6.45, 7) is 2.05. The Hall–Kier alpha value is -0.570. The van der Waals surface area contributed by atoms with Crippen molar-refractivity contribution in [2.45, 2.75) is 51.2 Å². The van der Waals surface area contributed by atoms with E-state index in [0.717, 1.165) is 25.7 Å². The van der Waals surface area contributed by atoms with Crippen LogP contribution in [0.1, 0.15) is 39.0 Å². The summed E-state index contributed by atoms with van der Waals surface area (Å²) in [5, 5.41) is 12.3. The number of aliphatic hydroxyl groups excluding tert-OH is 1. The average molecular weight is 171 g/mol. The number of carbonyl (C=O) groups excluding carboxylic acids is 1. The van der Waals surface area contributed by atoms with Crippen LogP contribution in [0.4, 0.5) is 0 Å². The van der Waals surface area contributed by atoms with Gasteiger partial charge in [-0.05, 0) is 19.3 Å². The van der Waals surface area contributed by atoms with E-state index in [1.807, 2.05) is 0 Å². The molecule has 0 spiro atoms. The van der Waals surface area contributed by atoms with Gasteiger partial charge in [-0.25, -0.2) is 0 Å². The second kappa shape index (κ2) is 4.45. The summed E-state index contributed by atoms with van der Waals surface area (Å²) < 4.78 is 0. The van der Waals surface area contributed by atoms with Gasteiger partial charge in [0.1, 0.15) is 0 Å². The Morgan fingerprint density at radius 1 is 1.75 bits per heavy atom. The molecule has 0 aromatic carbocycles. The fourth-order valence-corrected chi connectivity index (χ4v) is 1.63. The molecule has 2 atom stereocenters. The highest BCUT2D eigenvalue weighted by Gasteiger charge is 2.22. The molecule has 0 bridgehead atoms. The molecule has 3 nitrogen and oxygen atoms in total. The third-order valence-electron chi connectivity index (χ3n) is 2.26. The van der Waals surface area contributed by atoms with Crippen LogP contribution in [0.3, 0.4) is 0 Å². The van der Waals surface area contributed by atoms with Gasteiger partial charge in [-0.1, -0.05) is 13.3 Å². The lowest BCUT2D eigenvalue weighted by molar-refractivity contribution is -0.119. The standard InChI is InChI=1S/C9H17NO2/c1-2-3-8(11)6-7-4-5-9(12)10-7/h7-8,11H,2-6H2,1H3,(H,10,12)/t7-,8+/m0/s1. The highest BCUT2D eigenvalue weighted by molar-refractivity contribution is 5.78. The second-order valence-electron chi connectivity index (χ2n) is 3.48. The normalized spacial score (nSPS) is 25.5. The Kier molecular flexibility index (Phi) is 3.53. The lowest BCUT2D eigenvalue weighted by atomic mass is 10.0. The Bertz CT molecular complexity index is 159. The first-order valence-electron chi connectivity index (χ1n) is 4.69. The third kappa shape index (κ3) is 2.81. The fraction of sp³-hybridized carbons (Fsp3) is 0.889. The van der Waals surface area contributed by atoms with Gasteiger partial charge in [0.25, 0.3) is 0 Å². The summed E-state index contributed by atoms with van der Waals surface area (Å²) in [4.78, 5) is 10.8. The molecule has 12 heavy (non-hydrogen) atoms. The molecule has 1 aliphatic rings. The van der Waals surface area contributed by atoms with Crippen molar-refractivity contribution in [3.8, 4) is 0 Å². The van der Waals surface area contributed by atoms with Crippen molar-refractivity contribution >= 4 is 5.91 Å². The van der Waals surface area contributed by atoms with E-state index in [2.05, 4.69) is 12.2 Å². The van der Waals surface area contributed by atoms with Crippen molar-refractivity contribution < 1.29 is 9.90 Å². The zero-order valence-electron chi connectivity index (χ0n) is 7.55. The maximum absolute atomic E-state index is 10.8. The minimum Gasteiger partial charge on any atom is -0.393 e. The van der Waals surface area contributed by atoms with Gasteiger partial charge < -0.3 is 10.4 Å². The highest BCUT2D eigenvalue weighted by Crippen LogP contribution is 2.14. The van der Waals surface area contributed by atoms with Crippen LogP contribution in [-0.4, -0.2) is 23.2 Å². The van der Waals surface area contributed by atoms with E-state index in [-0.39, 0.29) is 18.1 Å². The first-order chi connectivity index (χ1) is 5.72. The number of hydrogen-bond acceptors (Lipinski definition) is 2. The molecule has 0 saturated carbocycles. The number of rotatable bonds is 4. The first-order valence-corrected chi connectivity index (χ1v) is 4.69. The minimum atomic E-state index is -0.238. The monoisotopic (exact) mass is 171 g/mol. The van der Waals surface area contributed by atoms with Crippen LogP contribution in [0.2, 0.25) is 0 Å². The zero-order valence-corrected chi connectivity index (χ0v) is 7.55. The minimum absolute atomic E-state index is 0.128. The quantitative estimate of drug-likeness (QED) is 0.657. The lowest BCUT2D eigenvalue weighted by Crippen LogP contribution is -2.29. The number of carbonyl (C=O) groups is 1. The van der Waals surface area contributed by atoms with E-state index in [1.165, 1.54) is 0 Å². The number of hydrogen-bond donors (Lipinski definition) is 2. The maximum Gasteiger partial charge on any atom is 0.220 e. The van der Waals surface area contributed by atoms with Gasteiger partial charge in [0.2, 0.25) is 5.91 Å². The SMILES string of the molecule is CCC[C@@H](O)C[C@@H]1CCC(=O)N1. The Balaban J connectivity index is 2.18. The van der Waals surface area contributed by atoms with E-state index < -0.39 is 0 Å². The molecular weight excluding hydrogens is 154 g/mol. The molecule has 1 aliphatic heterocycles. The maximum atomic E-state index is 10.8. The van der Waals surface area contributed by atoms with Crippen LogP contribution in [0.5, 0.6) is 0 Å². The second-order valence-corrected chi connectivity index (χ2v) is 3.48. The molecule has 2 N–H and O–H groups in total. The van der Waals surface area contributed by atoms with E-state index in [9.17, 15) is 9.90 Å². The van der Waals surface area contributed by atoms with Crippen molar-refractivity contribution in [3.05, 3.63) is 0 Å². The molecule has 0 unspecified atom stereocenters. The number of aliphatic hydroxyl groups is 1. The van der Waals surface area contributed by atoms with Crippen LogP contribution < -0.4 is 5.32 Å². The van der Waals surface area contributed by atoms with Gasteiger partial charge in [-0.2, -0.15) is 0 Å². The van der Waals surface area contributed by atoms with Gasteiger partial charge in [0, 0.05) is 12.5 Å². The number of nitrogens with one attached hydrogen (secondary N) is 1. The lowest BCUT2D eigenvalue weighted by Gasteiger charge is -2.14. The Morgan fingerprint density at radius 3 is 3.00 bits per heavy atom. The van der Waals surface area contributed by atoms with Crippen LogP contribution >= 0.6 is 0 Å². The third-order valence-corrected chi connectivity index (χ3v) is 2.26. The van der Waals surface area contributed by atoms with Gasteiger partial charge in [-0.15, -0.1) is 0 Å².